The zero-order valence-electron chi connectivity index (χ0n) is 8.65. The number of hydrogen-bond donors (Lipinski definition) is 4. The summed E-state index contributed by atoms with van der Waals surface area (Å²) in [5.41, 5.74) is 0. The van der Waals surface area contributed by atoms with Crippen molar-refractivity contribution in [1.29, 1.82) is 0 Å². The molecule has 0 spiro atoms. The fourth-order valence-corrected chi connectivity index (χ4v) is 0. The molecule has 21 heavy (non-hydrogen) atoms. The molecule has 1 radical (unpaired) electrons. The fourth-order valence-electron chi connectivity index (χ4n) is 0. The van der Waals surface area contributed by atoms with Gasteiger partial charge in [0, 0.05) is 0 Å². The monoisotopic (exact) mass is 581 g/mol. The third-order valence-corrected chi connectivity index (χ3v) is 0. The molecule has 0 atom stereocenters. The molecular formula is H4IrO16S4. The first-order valence-electron chi connectivity index (χ1n) is 2.73. The van der Waals surface area contributed by atoms with Crippen LogP contribution < -0.4 is 0 Å². The molecule has 0 aliphatic heterocycles. The van der Waals surface area contributed by atoms with Crippen LogP contribution in [0.5, 0.6) is 0 Å². The largest absolute Gasteiger partial charge is 4.00 e. The Balaban J connectivity index is -0.0000000533. The summed E-state index contributed by atoms with van der Waals surface area (Å²) in [5.74, 6) is 0. The van der Waals surface area contributed by atoms with E-state index >= 15 is 0 Å². The first-order valence-corrected chi connectivity index (χ1v) is 8.19. The van der Waals surface area contributed by atoms with E-state index in [-0.39, 0.29) is 20.1 Å². The zero-order valence-corrected chi connectivity index (χ0v) is 14.3. The van der Waals surface area contributed by atoms with E-state index in [9.17, 15) is 0 Å². The molecule has 16 nitrogen and oxygen atoms in total. The van der Waals surface area contributed by atoms with E-state index in [1.165, 1.54) is 0 Å². The van der Waals surface area contributed by atoms with Gasteiger partial charge in [0.05, 0.1) is 0 Å². The Morgan fingerprint density at radius 2 is 0.429 bits per heavy atom. The van der Waals surface area contributed by atoms with Crippen LogP contribution in [0, 0.1) is 0 Å². The van der Waals surface area contributed by atoms with Crippen molar-refractivity contribution in [3.05, 3.63) is 0 Å². The summed E-state index contributed by atoms with van der Waals surface area (Å²) < 4.78 is 131. The maximum atomic E-state index is 8.63. The molecule has 21 heteroatoms. The number of rotatable bonds is 0. The number of hydrogen-bond acceptors (Lipinski definition) is 12. The van der Waals surface area contributed by atoms with Crippen molar-refractivity contribution < 1.29 is 90.2 Å². The van der Waals surface area contributed by atoms with Crippen molar-refractivity contribution in [2.75, 3.05) is 0 Å². The molecule has 0 rings (SSSR count). The van der Waals surface area contributed by atoms with Gasteiger partial charge < -0.3 is 18.2 Å². The van der Waals surface area contributed by atoms with Gasteiger partial charge in [0.2, 0.25) is 41.6 Å². The molecule has 0 aromatic heterocycles. The molecule has 4 N–H and O–H groups in total. The van der Waals surface area contributed by atoms with E-state index in [4.69, 9.17) is 70.1 Å². The molecule has 0 aliphatic rings. The SMILES string of the molecule is O=S(=O)([O-])O.O=S(=O)([O-])O.O=S(=O)([O-])O.O=S(=O)([O-])O.[Ir+4]. The van der Waals surface area contributed by atoms with Gasteiger partial charge >= 0.3 is 20.1 Å². The Labute approximate surface area is 131 Å². The van der Waals surface area contributed by atoms with Crippen LogP contribution in [-0.4, -0.2) is 70.1 Å². The van der Waals surface area contributed by atoms with E-state index in [1.54, 1.807) is 0 Å². The molecule has 0 aromatic rings. The van der Waals surface area contributed by atoms with Gasteiger partial charge in [0.15, 0.2) is 0 Å². The van der Waals surface area contributed by atoms with E-state index in [2.05, 4.69) is 0 Å². The predicted molar refractivity (Wildman–Crippen MR) is 49.3 cm³/mol. The molecule has 0 aliphatic carbocycles. The Morgan fingerprint density at radius 3 is 0.429 bits per heavy atom. The predicted octanol–water partition coefficient (Wildman–Crippen LogP) is -3.98. The minimum absolute atomic E-state index is 0. The van der Waals surface area contributed by atoms with Crippen LogP contribution in [0.2, 0.25) is 0 Å². The standard InChI is InChI=1S/Ir.4H2O4S/c;4*1-5(2,3)4/h;4*(H2,1,2,3,4)/q+4;;;;/p-4. The van der Waals surface area contributed by atoms with Crippen molar-refractivity contribution in [3.63, 3.8) is 0 Å². The maximum absolute atomic E-state index is 8.63. The van der Waals surface area contributed by atoms with Gasteiger partial charge in [-0.3, -0.25) is 18.2 Å². The Hall–Kier alpha value is 0.129. The minimum Gasteiger partial charge on any atom is -0.726 e. The molecule has 0 saturated heterocycles. The summed E-state index contributed by atoms with van der Waals surface area (Å²) >= 11 is 0. The Bertz CT molecular complexity index is 473. The molecule has 0 amide bonds. The van der Waals surface area contributed by atoms with Gasteiger partial charge in [-0.2, -0.15) is 0 Å². The smallest absolute Gasteiger partial charge is 0.726 e. The van der Waals surface area contributed by atoms with E-state index in [1.807, 2.05) is 0 Å². The second kappa shape index (κ2) is 12.7. The summed E-state index contributed by atoms with van der Waals surface area (Å²) in [6, 6.07) is 0. The van der Waals surface area contributed by atoms with Gasteiger partial charge in [-0.25, -0.2) is 33.7 Å². The van der Waals surface area contributed by atoms with Gasteiger partial charge in [-0.1, -0.05) is 0 Å². The van der Waals surface area contributed by atoms with Crippen LogP contribution in [0.4, 0.5) is 0 Å². The Morgan fingerprint density at radius 1 is 0.429 bits per heavy atom. The average Bonchev–Trinajstić information content (AvgIpc) is 1.62. The summed E-state index contributed by atoms with van der Waals surface area (Å²) in [7, 11) is -19.7. The van der Waals surface area contributed by atoms with Crippen LogP contribution in [0.15, 0.2) is 0 Å². The normalized spacial score (nSPS) is 11.0. The van der Waals surface area contributed by atoms with Crippen LogP contribution in [0.3, 0.4) is 0 Å². The van der Waals surface area contributed by atoms with Crippen molar-refractivity contribution >= 4 is 41.6 Å². The third kappa shape index (κ3) is 395000. The molecule has 0 heterocycles. The van der Waals surface area contributed by atoms with Crippen molar-refractivity contribution in [2.45, 2.75) is 0 Å². The molecule has 0 bridgehead atoms. The first-order chi connectivity index (χ1) is 8.00. The van der Waals surface area contributed by atoms with Crippen molar-refractivity contribution in [2.24, 2.45) is 0 Å². The molecule has 0 aromatic carbocycles. The minimum atomic E-state index is -4.92. The first kappa shape index (κ1) is 32.9. The second-order valence-electron chi connectivity index (χ2n) is 1.71. The fraction of sp³-hybridized carbons (Fsp3) is 0. The Kier molecular flexibility index (Phi) is 19.8. The van der Waals surface area contributed by atoms with Crippen LogP contribution >= 0.6 is 0 Å². The summed E-state index contributed by atoms with van der Waals surface area (Å²) in [5, 5.41) is 0. The molecule has 0 unspecified atom stereocenters. The average molecular weight is 581 g/mol. The second-order valence-corrected chi connectivity index (χ2v) is 5.13. The molecular weight excluding hydrogens is 576 g/mol. The van der Waals surface area contributed by atoms with Crippen molar-refractivity contribution in [3.8, 4) is 0 Å². The summed E-state index contributed by atoms with van der Waals surface area (Å²) in [6.45, 7) is 0. The summed E-state index contributed by atoms with van der Waals surface area (Å²) in [6.07, 6.45) is 0. The quantitative estimate of drug-likeness (QED) is 0.157. The van der Waals surface area contributed by atoms with Gasteiger partial charge in [-0.05, 0) is 0 Å². The van der Waals surface area contributed by atoms with Gasteiger partial charge in [0.25, 0.3) is 0 Å². The van der Waals surface area contributed by atoms with E-state index in [0.717, 1.165) is 0 Å². The van der Waals surface area contributed by atoms with Gasteiger partial charge in [0.1, 0.15) is 0 Å². The summed E-state index contributed by atoms with van der Waals surface area (Å²) in [4.78, 5) is 0. The third-order valence-electron chi connectivity index (χ3n) is 0. The van der Waals surface area contributed by atoms with Crippen LogP contribution in [0.1, 0.15) is 0 Å². The zero-order chi connectivity index (χ0) is 18.0. The van der Waals surface area contributed by atoms with E-state index < -0.39 is 41.6 Å². The van der Waals surface area contributed by atoms with Crippen LogP contribution in [0.25, 0.3) is 0 Å². The van der Waals surface area contributed by atoms with Crippen LogP contribution in [-0.2, 0) is 61.7 Å². The molecule has 0 saturated carbocycles. The topological polar surface area (TPSA) is 310 Å². The van der Waals surface area contributed by atoms with Gasteiger partial charge in [-0.15, -0.1) is 0 Å². The van der Waals surface area contributed by atoms with Crippen molar-refractivity contribution in [1.82, 2.24) is 0 Å². The maximum Gasteiger partial charge on any atom is 4.00 e. The van der Waals surface area contributed by atoms with E-state index in [0.29, 0.717) is 0 Å². The molecule has 0 fully saturated rings. The molecule has 133 valence electrons.